The van der Waals surface area contributed by atoms with Crippen LogP contribution in [0.1, 0.15) is 35.1 Å². The van der Waals surface area contributed by atoms with Gasteiger partial charge in [-0.1, -0.05) is 30.3 Å². The van der Waals surface area contributed by atoms with E-state index in [1.807, 2.05) is 24.3 Å². The molecule has 0 aliphatic heterocycles. The predicted octanol–water partition coefficient (Wildman–Crippen LogP) is 3.62. The first-order valence-electron chi connectivity index (χ1n) is 7.23. The lowest BCUT2D eigenvalue weighted by molar-refractivity contribution is -0.143. The van der Waals surface area contributed by atoms with Gasteiger partial charge < -0.3 is 4.74 Å². The lowest BCUT2D eigenvalue weighted by atomic mass is 9.88. The van der Waals surface area contributed by atoms with Crippen LogP contribution in [-0.4, -0.2) is 12.6 Å². The van der Waals surface area contributed by atoms with Gasteiger partial charge in [0, 0.05) is 0 Å². The molecule has 0 radical (unpaired) electrons. The van der Waals surface area contributed by atoms with Crippen LogP contribution in [0.15, 0.2) is 42.5 Å². The van der Waals surface area contributed by atoms with Crippen LogP contribution in [0.5, 0.6) is 0 Å². The van der Waals surface area contributed by atoms with Crippen LogP contribution in [0.2, 0.25) is 0 Å². The molecule has 1 unspecified atom stereocenters. The fraction of sp³-hybridized carbons (Fsp3) is 0.278. The van der Waals surface area contributed by atoms with Gasteiger partial charge in [-0.25, -0.2) is 4.39 Å². The van der Waals surface area contributed by atoms with Crippen molar-refractivity contribution >= 4 is 5.97 Å². The number of carbonyl (C=O) groups is 1. The van der Waals surface area contributed by atoms with Crippen LogP contribution in [0.25, 0.3) is 0 Å². The Balaban J connectivity index is 2.17. The lowest BCUT2D eigenvalue weighted by Gasteiger charge is -2.18. The average molecular weight is 284 g/mol. The number of hydrogen-bond acceptors (Lipinski definition) is 2. The predicted molar refractivity (Wildman–Crippen MR) is 78.7 cm³/mol. The first kappa shape index (κ1) is 13.8. The topological polar surface area (TPSA) is 26.3 Å². The van der Waals surface area contributed by atoms with E-state index in [1.54, 1.807) is 13.0 Å². The minimum absolute atomic E-state index is 0.262. The Labute approximate surface area is 123 Å². The Morgan fingerprint density at radius 1 is 1.14 bits per heavy atom. The summed E-state index contributed by atoms with van der Waals surface area (Å²) in [6, 6.07) is 12.6. The van der Waals surface area contributed by atoms with Gasteiger partial charge in [0.2, 0.25) is 0 Å². The van der Waals surface area contributed by atoms with E-state index < -0.39 is 5.92 Å². The van der Waals surface area contributed by atoms with Crippen LogP contribution in [-0.2, 0) is 22.4 Å². The number of ether oxygens (including phenoxy) is 1. The Morgan fingerprint density at radius 2 is 1.86 bits per heavy atom. The van der Waals surface area contributed by atoms with E-state index in [0.717, 1.165) is 35.1 Å². The summed E-state index contributed by atoms with van der Waals surface area (Å²) in [4.78, 5) is 12.4. The highest BCUT2D eigenvalue weighted by Gasteiger charge is 2.30. The van der Waals surface area contributed by atoms with Crippen molar-refractivity contribution in [2.45, 2.75) is 25.7 Å². The Hall–Kier alpha value is -2.16. The normalized spacial score (nSPS) is 16.6. The molecule has 0 N–H and O–H groups in total. The maximum atomic E-state index is 13.5. The molecule has 0 fully saturated rings. The van der Waals surface area contributed by atoms with Crippen molar-refractivity contribution in [1.29, 1.82) is 0 Å². The molecule has 21 heavy (non-hydrogen) atoms. The van der Waals surface area contributed by atoms with Gasteiger partial charge in [0.15, 0.2) is 0 Å². The molecule has 2 aromatic rings. The van der Waals surface area contributed by atoms with Crippen LogP contribution in [0, 0.1) is 5.82 Å². The highest BCUT2D eigenvalue weighted by molar-refractivity contribution is 5.83. The van der Waals surface area contributed by atoms with Gasteiger partial charge in [0.25, 0.3) is 0 Å². The van der Waals surface area contributed by atoms with Crippen molar-refractivity contribution in [2.24, 2.45) is 0 Å². The molecule has 1 aliphatic carbocycles. The zero-order chi connectivity index (χ0) is 14.8. The summed E-state index contributed by atoms with van der Waals surface area (Å²) in [5.41, 5.74) is 3.86. The Bertz CT molecular complexity index is 679. The number of carbonyl (C=O) groups excluding carboxylic acids is 1. The van der Waals surface area contributed by atoms with Gasteiger partial charge in [-0.3, -0.25) is 4.79 Å². The maximum absolute atomic E-state index is 13.5. The monoisotopic (exact) mass is 284 g/mol. The number of hydrogen-bond donors (Lipinski definition) is 0. The Morgan fingerprint density at radius 3 is 2.67 bits per heavy atom. The van der Waals surface area contributed by atoms with E-state index in [0.29, 0.717) is 6.61 Å². The molecule has 108 valence electrons. The number of aryl methyl sites for hydroxylation is 2. The first-order chi connectivity index (χ1) is 10.2. The maximum Gasteiger partial charge on any atom is 0.317 e. The van der Waals surface area contributed by atoms with Gasteiger partial charge in [-0.05, 0) is 54.2 Å². The molecule has 0 spiro atoms. The lowest BCUT2D eigenvalue weighted by Crippen LogP contribution is -2.18. The van der Waals surface area contributed by atoms with E-state index in [9.17, 15) is 9.18 Å². The van der Waals surface area contributed by atoms with Crippen molar-refractivity contribution < 1.29 is 13.9 Å². The quantitative estimate of drug-likeness (QED) is 0.787. The molecule has 3 heteroatoms. The van der Waals surface area contributed by atoms with Gasteiger partial charge >= 0.3 is 5.97 Å². The number of halogens is 1. The van der Waals surface area contributed by atoms with Crippen molar-refractivity contribution in [3.8, 4) is 0 Å². The summed E-state index contributed by atoms with van der Waals surface area (Å²) in [6.07, 6.45) is 1.54. The average Bonchev–Trinajstić information content (AvgIpc) is 2.64. The van der Waals surface area contributed by atoms with Crippen molar-refractivity contribution in [2.75, 3.05) is 6.61 Å². The van der Waals surface area contributed by atoms with E-state index in [2.05, 4.69) is 0 Å². The molecule has 1 atom stereocenters. The standard InChI is InChI=1S/C18H17FO2/c1-2-21-18(20)17-15-6-4-3-5-12(15)7-8-13-11-14(19)9-10-16(13)17/h3-6,9-11,17H,2,7-8H2,1H3. The third-order valence-corrected chi connectivity index (χ3v) is 3.97. The minimum atomic E-state index is -0.459. The van der Waals surface area contributed by atoms with Gasteiger partial charge in [-0.2, -0.15) is 0 Å². The third kappa shape index (κ3) is 2.56. The molecule has 3 rings (SSSR count). The molecule has 2 nitrogen and oxygen atoms in total. The first-order valence-corrected chi connectivity index (χ1v) is 7.23. The summed E-state index contributed by atoms with van der Waals surface area (Å²) in [7, 11) is 0. The molecule has 0 bridgehead atoms. The molecule has 0 amide bonds. The molecular weight excluding hydrogens is 267 g/mol. The number of fused-ring (bicyclic) bond motifs is 2. The van der Waals surface area contributed by atoms with Crippen LogP contribution in [0.4, 0.5) is 4.39 Å². The zero-order valence-electron chi connectivity index (χ0n) is 11.9. The van der Waals surface area contributed by atoms with Crippen LogP contribution >= 0.6 is 0 Å². The summed E-state index contributed by atoms with van der Waals surface area (Å²) >= 11 is 0. The second kappa shape index (κ2) is 5.68. The minimum Gasteiger partial charge on any atom is -0.465 e. The zero-order valence-corrected chi connectivity index (χ0v) is 11.9. The van der Waals surface area contributed by atoms with E-state index >= 15 is 0 Å². The second-order valence-corrected chi connectivity index (χ2v) is 5.23. The molecular formula is C18H17FO2. The van der Waals surface area contributed by atoms with Gasteiger partial charge in [-0.15, -0.1) is 0 Å². The summed E-state index contributed by atoms with van der Waals surface area (Å²) in [5, 5.41) is 0. The molecule has 0 saturated carbocycles. The fourth-order valence-electron chi connectivity index (χ4n) is 3.03. The van der Waals surface area contributed by atoms with Crippen LogP contribution < -0.4 is 0 Å². The van der Waals surface area contributed by atoms with E-state index in [4.69, 9.17) is 4.74 Å². The number of rotatable bonds is 2. The largest absolute Gasteiger partial charge is 0.465 e. The summed E-state index contributed by atoms with van der Waals surface area (Å²) < 4.78 is 18.8. The van der Waals surface area contributed by atoms with Gasteiger partial charge in [0.1, 0.15) is 11.7 Å². The number of benzene rings is 2. The molecule has 1 aliphatic rings. The highest BCUT2D eigenvalue weighted by Crippen LogP contribution is 2.35. The highest BCUT2D eigenvalue weighted by atomic mass is 19.1. The summed E-state index contributed by atoms with van der Waals surface area (Å²) in [5.74, 6) is -0.985. The smallest absolute Gasteiger partial charge is 0.317 e. The summed E-state index contributed by atoms with van der Waals surface area (Å²) in [6.45, 7) is 2.14. The van der Waals surface area contributed by atoms with Crippen LogP contribution in [0.3, 0.4) is 0 Å². The molecule has 0 saturated heterocycles. The van der Waals surface area contributed by atoms with E-state index in [-0.39, 0.29) is 11.8 Å². The van der Waals surface area contributed by atoms with E-state index in [1.165, 1.54) is 12.1 Å². The van der Waals surface area contributed by atoms with Crippen molar-refractivity contribution in [1.82, 2.24) is 0 Å². The third-order valence-electron chi connectivity index (χ3n) is 3.97. The second-order valence-electron chi connectivity index (χ2n) is 5.23. The Kier molecular flexibility index (Phi) is 3.74. The SMILES string of the molecule is CCOC(=O)C1c2ccccc2CCc2cc(F)ccc21. The molecule has 0 aromatic heterocycles. The fourth-order valence-corrected chi connectivity index (χ4v) is 3.03. The number of esters is 1. The molecule has 2 aromatic carbocycles. The van der Waals surface area contributed by atoms with Crippen molar-refractivity contribution in [3.63, 3.8) is 0 Å². The molecule has 0 heterocycles. The van der Waals surface area contributed by atoms with Crippen molar-refractivity contribution in [3.05, 3.63) is 70.5 Å². The van der Waals surface area contributed by atoms with Gasteiger partial charge in [0.05, 0.1) is 6.61 Å².